The lowest BCUT2D eigenvalue weighted by molar-refractivity contribution is -0.114. The van der Waals surface area contributed by atoms with Gasteiger partial charge in [-0.2, -0.15) is 0 Å². The minimum absolute atomic E-state index is 0.0809. The quantitative estimate of drug-likeness (QED) is 0.757. The van der Waals surface area contributed by atoms with E-state index in [1.54, 1.807) is 11.3 Å². The number of anilines is 3. The Bertz CT molecular complexity index is 810. The molecule has 0 aliphatic carbocycles. The second-order valence-electron chi connectivity index (χ2n) is 4.88. The fraction of sp³-hybridized carbons (Fsp3) is 0.125. The van der Waals surface area contributed by atoms with E-state index in [4.69, 9.17) is 0 Å². The molecule has 106 valence electrons. The van der Waals surface area contributed by atoms with Crippen molar-refractivity contribution in [3.63, 3.8) is 0 Å². The minimum atomic E-state index is -0.0809. The van der Waals surface area contributed by atoms with E-state index in [9.17, 15) is 4.79 Å². The number of nitrogens with zero attached hydrogens (tertiary/aromatic N) is 1. The number of nitrogens with one attached hydrogen (secondary N) is 2. The molecule has 21 heavy (non-hydrogen) atoms. The molecule has 0 aliphatic rings. The van der Waals surface area contributed by atoms with E-state index in [0.717, 1.165) is 26.7 Å². The summed E-state index contributed by atoms with van der Waals surface area (Å²) >= 11 is 1.62. The van der Waals surface area contributed by atoms with Crippen LogP contribution in [0, 0.1) is 6.92 Å². The average Bonchev–Trinajstić information content (AvgIpc) is 2.79. The van der Waals surface area contributed by atoms with Gasteiger partial charge >= 0.3 is 0 Å². The van der Waals surface area contributed by atoms with E-state index >= 15 is 0 Å². The lowest BCUT2D eigenvalue weighted by Crippen LogP contribution is -2.05. The highest BCUT2D eigenvalue weighted by Gasteiger charge is 2.05. The summed E-state index contributed by atoms with van der Waals surface area (Å²) in [5.74, 6) is -0.0809. The summed E-state index contributed by atoms with van der Waals surface area (Å²) in [5.41, 5.74) is 3.89. The van der Waals surface area contributed by atoms with Crippen molar-refractivity contribution in [2.45, 2.75) is 13.8 Å². The van der Waals surface area contributed by atoms with Crippen LogP contribution in [0.2, 0.25) is 0 Å². The zero-order chi connectivity index (χ0) is 14.8. The molecule has 0 saturated carbocycles. The van der Waals surface area contributed by atoms with Gasteiger partial charge in [0.25, 0.3) is 0 Å². The Morgan fingerprint density at radius 2 is 1.95 bits per heavy atom. The molecule has 0 aliphatic heterocycles. The molecular formula is C16H15N3OS. The van der Waals surface area contributed by atoms with Crippen LogP contribution in [0.25, 0.3) is 10.2 Å². The molecule has 0 fully saturated rings. The van der Waals surface area contributed by atoms with E-state index in [2.05, 4.69) is 34.7 Å². The fourth-order valence-electron chi connectivity index (χ4n) is 2.09. The maximum absolute atomic E-state index is 11.1. The molecule has 0 saturated heterocycles. The largest absolute Gasteiger partial charge is 0.331 e. The van der Waals surface area contributed by atoms with E-state index in [1.165, 1.54) is 12.5 Å². The van der Waals surface area contributed by atoms with Gasteiger partial charge in [-0.3, -0.25) is 4.79 Å². The third kappa shape index (κ3) is 3.20. The van der Waals surface area contributed by atoms with Crippen LogP contribution in [0.3, 0.4) is 0 Å². The van der Waals surface area contributed by atoms with Gasteiger partial charge in [0.1, 0.15) is 0 Å². The highest BCUT2D eigenvalue weighted by Crippen LogP contribution is 2.29. The van der Waals surface area contributed by atoms with E-state index in [-0.39, 0.29) is 5.91 Å². The first-order valence-corrected chi connectivity index (χ1v) is 7.44. The molecule has 1 aromatic heterocycles. The number of aromatic nitrogens is 1. The van der Waals surface area contributed by atoms with Crippen LogP contribution in [-0.4, -0.2) is 10.9 Å². The SMILES string of the molecule is CC(=O)Nc1cccc(Nc2nc3ccc(C)cc3s2)c1. The van der Waals surface area contributed by atoms with Crippen LogP contribution in [0.15, 0.2) is 42.5 Å². The fourth-order valence-corrected chi connectivity index (χ4v) is 3.07. The zero-order valence-electron chi connectivity index (χ0n) is 11.8. The van der Waals surface area contributed by atoms with Crippen molar-refractivity contribution in [2.24, 2.45) is 0 Å². The molecule has 4 nitrogen and oxygen atoms in total. The number of fused-ring (bicyclic) bond motifs is 1. The van der Waals surface area contributed by atoms with Gasteiger partial charge in [0.2, 0.25) is 5.91 Å². The molecule has 1 amide bonds. The highest BCUT2D eigenvalue weighted by molar-refractivity contribution is 7.22. The Morgan fingerprint density at radius 1 is 1.14 bits per heavy atom. The average molecular weight is 297 g/mol. The summed E-state index contributed by atoms with van der Waals surface area (Å²) < 4.78 is 1.16. The lowest BCUT2D eigenvalue weighted by Gasteiger charge is -2.06. The van der Waals surface area contributed by atoms with Gasteiger partial charge in [-0.15, -0.1) is 0 Å². The second kappa shape index (κ2) is 5.54. The van der Waals surface area contributed by atoms with Crippen molar-refractivity contribution >= 4 is 44.0 Å². The third-order valence-electron chi connectivity index (χ3n) is 2.98. The lowest BCUT2D eigenvalue weighted by atomic mass is 10.2. The second-order valence-corrected chi connectivity index (χ2v) is 5.91. The summed E-state index contributed by atoms with van der Waals surface area (Å²) in [6.45, 7) is 3.57. The Hall–Kier alpha value is -2.40. The number of rotatable bonds is 3. The van der Waals surface area contributed by atoms with Gasteiger partial charge < -0.3 is 10.6 Å². The van der Waals surface area contributed by atoms with Gasteiger partial charge in [0.15, 0.2) is 5.13 Å². The maximum Gasteiger partial charge on any atom is 0.221 e. The number of aryl methyl sites for hydroxylation is 1. The number of hydrogen-bond donors (Lipinski definition) is 2. The van der Waals surface area contributed by atoms with Crippen LogP contribution >= 0.6 is 11.3 Å². The molecule has 3 aromatic rings. The molecule has 1 heterocycles. The molecular weight excluding hydrogens is 282 g/mol. The zero-order valence-corrected chi connectivity index (χ0v) is 12.6. The first-order valence-electron chi connectivity index (χ1n) is 6.62. The van der Waals surface area contributed by atoms with Crippen LogP contribution in [0.5, 0.6) is 0 Å². The normalized spacial score (nSPS) is 10.6. The predicted molar refractivity (Wildman–Crippen MR) is 88.4 cm³/mol. The Morgan fingerprint density at radius 3 is 2.76 bits per heavy atom. The molecule has 0 atom stereocenters. The molecule has 2 aromatic carbocycles. The van der Waals surface area contributed by atoms with Crippen molar-refractivity contribution in [1.82, 2.24) is 4.98 Å². The van der Waals surface area contributed by atoms with E-state index in [0.29, 0.717) is 0 Å². The van der Waals surface area contributed by atoms with Crippen molar-refractivity contribution in [2.75, 3.05) is 10.6 Å². The summed E-state index contributed by atoms with van der Waals surface area (Å²) in [5, 5.41) is 6.89. The van der Waals surface area contributed by atoms with Gasteiger partial charge in [-0.1, -0.05) is 23.5 Å². The molecule has 0 spiro atoms. The Kier molecular flexibility index (Phi) is 3.58. The van der Waals surface area contributed by atoms with Crippen molar-refractivity contribution in [1.29, 1.82) is 0 Å². The molecule has 3 rings (SSSR count). The molecule has 2 N–H and O–H groups in total. The standard InChI is InChI=1S/C16H15N3OS/c1-10-6-7-14-15(8-10)21-16(19-14)18-13-5-3-4-12(9-13)17-11(2)20/h3-9H,1-2H3,(H,17,20)(H,18,19). The highest BCUT2D eigenvalue weighted by atomic mass is 32.1. The van der Waals surface area contributed by atoms with Crippen molar-refractivity contribution in [3.05, 3.63) is 48.0 Å². The molecule has 0 bridgehead atoms. The number of carbonyl (C=O) groups is 1. The summed E-state index contributed by atoms with van der Waals surface area (Å²) in [7, 11) is 0. The first kappa shape index (κ1) is 13.6. The molecule has 0 unspecified atom stereocenters. The smallest absolute Gasteiger partial charge is 0.221 e. The summed E-state index contributed by atoms with van der Waals surface area (Å²) in [4.78, 5) is 15.7. The van der Waals surface area contributed by atoms with Gasteiger partial charge in [0.05, 0.1) is 10.2 Å². The number of thiazole rings is 1. The number of benzene rings is 2. The maximum atomic E-state index is 11.1. The van der Waals surface area contributed by atoms with Gasteiger partial charge in [-0.25, -0.2) is 4.98 Å². The van der Waals surface area contributed by atoms with Crippen LogP contribution in [0.4, 0.5) is 16.5 Å². The summed E-state index contributed by atoms with van der Waals surface area (Å²) in [6, 6.07) is 13.8. The van der Waals surface area contributed by atoms with Gasteiger partial charge in [-0.05, 0) is 42.8 Å². The molecule has 0 radical (unpaired) electrons. The van der Waals surface area contributed by atoms with Gasteiger partial charge in [0, 0.05) is 18.3 Å². The van der Waals surface area contributed by atoms with E-state index in [1.807, 2.05) is 30.3 Å². The first-order chi connectivity index (χ1) is 10.1. The monoisotopic (exact) mass is 297 g/mol. The number of amides is 1. The molecule has 5 heteroatoms. The predicted octanol–water partition coefficient (Wildman–Crippen LogP) is 4.31. The Balaban J connectivity index is 1.86. The van der Waals surface area contributed by atoms with Crippen LogP contribution in [-0.2, 0) is 4.79 Å². The topological polar surface area (TPSA) is 54.0 Å². The Labute approximate surface area is 126 Å². The van der Waals surface area contributed by atoms with Crippen molar-refractivity contribution < 1.29 is 4.79 Å². The van der Waals surface area contributed by atoms with Crippen LogP contribution < -0.4 is 10.6 Å². The van der Waals surface area contributed by atoms with Crippen molar-refractivity contribution in [3.8, 4) is 0 Å². The minimum Gasteiger partial charge on any atom is -0.331 e. The number of hydrogen-bond acceptors (Lipinski definition) is 4. The van der Waals surface area contributed by atoms with E-state index < -0.39 is 0 Å². The third-order valence-corrected chi connectivity index (χ3v) is 3.91. The number of carbonyl (C=O) groups excluding carboxylic acids is 1. The summed E-state index contributed by atoms with van der Waals surface area (Å²) in [6.07, 6.45) is 0. The van der Waals surface area contributed by atoms with Crippen LogP contribution in [0.1, 0.15) is 12.5 Å².